The van der Waals surface area contributed by atoms with Crippen LogP contribution in [0.3, 0.4) is 0 Å². The highest BCUT2D eigenvalue weighted by Gasteiger charge is 2.28. The van der Waals surface area contributed by atoms with E-state index in [-0.39, 0.29) is 31.1 Å². The molecular formula is C24H27FN6O4. The van der Waals surface area contributed by atoms with Crippen molar-refractivity contribution in [1.82, 2.24) is 20.3 Å². The van der Waals surface area contributed by atoms with E-state index in [0.717, 1.165) is 18.5 Å². The number of aromatic nitrogens is 3. The quantitative estimate of drug-likeness (QED) is 0.460. The Kier molecular flexibility index (Phi) is 6.71. The minimum atomic E-state index is -0.441. The summed E-state index contributed by atoms with van der Waals surface area (Å²) in [5, 5.41) is 6.15. The molecule has 10 nitrogen and oxygen atoms in total. The van der Waals surface area contributed by atoms with E-state index in [1.807, 2.05) is 6.07 Å². The van der Waals surface area contributed by atoms with Crippen LogP contribution in [0.2, 0.25) is 0 Å². The molecule has 0 aromatic carbocycles. The number of hydrogen-bond donors (Lipinski definition) is 3. The molecule has 1 amide bonds. The molecule has 5 heterocycles. The SMILES string of the molecule is COc1ccc2ncc(F)c(C[C@H](N)[C@@H]3CC[C@@H](NCc4ccc5c(n4)NC(=O)CO5)CO3)c2n1. The van der Waals surface area contributed by atoms with E-state index in [9.17, 15) is 9.18 Å². The summed E-state index contributed by atoms with van der Waals surface area (Å²) in [5.74, 6) is 0.745. The zero-order valence-corrected chi connectivity index (χ0v) is 19.3. The molecule has 35 heavy (non-hydrogen) atoms. The monoisotopic (exact) mass is 482 g/mol. The van der Waals surface area contributed by atoms with Crippen molar-refractivity contribution in [3.05, 3.63) is 47.5 Å². The number of hydrogen-bond acceptors (Lipinski definition) is 9. The highest BCUT2D eigenvalue weighted by Crippen LogP contribution is 2.26. The number of amides is 1. The number of rotatable bonds is 7. The first kappa shape index (κ1) is 23.3. The minimum absolute atomic E-state index is 0.00369. The van der Waals surface area contributed by atoms with Gasteiger partial charge < -0.3 is 30.6 Å². The Bertz CT molecular complexity index is 1230. The number of nitrogens with zero attached hydrogens (tertiary/aromatic N) is 3. The van der Waals surface area contributed by atoms with E-state index in [4.69, 9.17) is 19.9 Å². The molecule has 11 heteroatoms. The van der Waals surface area contributed by atoms with E-state index in [1.54, 1.807) is 18.2 Å². The molecule has 0 saturated carbocycles. The van der Waals surface area contributed by atoms with Gasteiger partial charge in [0.1, 0.15) is 5.82 Å². The van der Waals surface area contributed by atoms with E-state index in [2.05, 4.69) is 25.6 Å². The summed E-state index contributed by atoms with van der Waals surface area (Å²) in [6, 6.07) is 6.85. The molecule has 5 rings (SSSR count). The van der Waals surface area contributed by atoms with Crippen LogP contribution in [0.1, 0.15) is 24.1 Å². The van der Waals surface area contributed by atoms with Crippen molar-refractivity contribution in [3.63, 3.8) is 0 Å². The molecule has 3 aromatic rings. The van der Waals surface area contributed by atoms with Gasteiger partial charge in [0, 0.05) is 30.3 Å². The maximum atomic E-state index is 14.6. The summed E-state index contributed by atoms with van der Waals surface area (Å²) < 4.78 is 31.2. The summed E-state index contributed by atoms with van der Waals surface area (Å²) >= 11 is 0. The predicted molar refractivity (Wildman–Crippen MR) is 126 cm³/mol. The normalized spacial score (nSPS) is 20.6. The average molecular weight is 483 g/mol. The maximum Gasteiger partial charge on any atom is 0.263 e. The predicted octanol–water partition coefficient (Wildman–Crippen LogP) is 1.71. The Labute approximate surface area is 201 Å². The zero-order valence-electron chi connectivity index (χ0n) is 19.3. The van der Waals surface area contributed by atoms with Crippen molar-refractivity contribution in [1.29, 1.82) is 0 Å². The molecule has 3 aromatic heterocycles. The van der Waals surface area contributed by atoms with Crippen molar-refractivity contribution < 1.29 is 23.4 Å². The van der Waals surface area contributed by atoms with Gasteiger partial charge in [-0.1, -0.05) is 0 Å². The van der Waals surface area contributed by atoms with Crippen LogP contribution in [0.5, 0.6) is 11.6 Å². The summed E-state index contributed by atoms with van der Waals surface area (Å²) in [6.07, 6.45) is 2.87. The van der Waals surface area contributed by atoms with Gasteiger partial charge >= 0.3 is 0 Å². The highest BCUT2D eigenvalue weighted by molar-refractivity contribution is 5.94. The fraction of sp³-hybridized carbons (Fsp3) is 0.417. The topological polar surface area (TPSA) is 134 Å². The second-order valence-corrected chi connectivity index (χ2v) is 8.69. The third-order valence-electron chi connectivity index (χ3n) is 6.28. The van der Waals surface area contributed by atoms with Crippen molar-refractivity contribution in [2.24, 2.45) is 5.73 Å². The van der Waals surface area contributed by atoms with Gasteiger partial charge in [-0.25, -0.2) is 14.4 Å². The highest BCUT2D eigenvalue weighted by atomic mass is 19.1. The zero-order chi connectivity index (χ0) is 24.4. The van der Waals surface area contributed by atoms with Gasteiger partial charge in [0.15, 0.2) is 18.2 Å². The number of carbonyl (C=O) groups excluding carboxylic acids is 1. The molecule has 3 atom stereocenters. The van der Waals surface area contributed by atoms with Crippen LogP contribution in [0.15, 0.2) is 30.5 Å². The second-order valence-electron chi connectivity index (χ2n) is 8.69. The van der Waals surface area contributed by atoms with Gasteiger partial charge in [-0.2, -0.15) is 0 Å². The van der Waals surface area contributed by atoms with Crippen LogP contribution >= 0.6 is 0 Å². The molecule has 0 radical (unpaired) electrons. The molecular weight excluding hydrogens is 455 g/mol. The smallest absolute Gasteiger partial charge is 0.263 e. The molecule has 0 spiro atoms. The largest absolute Gasteiger partial charge is 0.481 e. The molecule has 1 fully saturated rings. The summed E-state index contributed by atoms with van der Waals surface area (Å²) in [7, 11) is 1.51. The third-order valence-corrected chi connectivity index (χ3v) is 6.28. The van der Waals surface area contributed by atoms with Gasteiger partial charge in [-0.3, -0.25) is 9.78 Å². The molecule has 2 aliphatic heterocycles. The number of carbonyl (C=O) groups is 1. The molecule has 2 aliphatic rings. The van der Waals surface area contributed by atoms with E-state index >= 15 is 0 Å². The van der Waals surface area contributed by atoms with Crippen LogP contribution in [0.25, 0.3) is 11.0 Å². The summed E-state index contributed by atoms with van der Waals surface area (Å²) in [4.78, 5) is 24.4. The van der Waals surface area contributed by atoms with Gasteiger partial charge in [-0.05, 0) is 37.5 Å². The standard InChI is InChI=1S/C24H27FN6O4/c1-33-22-7-4-18-23(31-22)15(16(25)10-28-18)8-17(26)19-5-3-14(11-34-19)27-9-13-2-6-20-24(29-13)30-21(32)12-35-20/h2,4,6-7,10,14,17,19,27H,3,5,8-9,11-12,26H2,1H3,(H,29,30,32)/t14-,17+,19+/m1/s1. The number of nitrogens with two attached hydrogens (primary N) is 1. The number of ether oxygens (including phenoxy) is 3. The Morgan fingerprint density at radius 3 is 2.97 bits per heavy atom. The average Bonchev–Trinajstić information content (AvgIpc) is 2.88. The van der Waals surface area contributed by atoms with E-state index in [0.29, 0.717) is 47.2 Å². The van der Waals surface area contributed by atoms with E-state index < -0.39 is 11.9 Å². The molecule has 1 saturated heterocycles. The fourth-order valence-electron chi connectivity index (χ4n) is 4.37. The minimum Gasteiger partial charge on any atom is -0.481 e. The number of anilines is 1. The van der Waals surface area contributed by atoms with Gasteiger partial charge in [-0.15, -0.1) is 0 Å². The number of halogens is 1. The Balaban J connectivity index is 1.16. The van der Waals surface area contributed by atoms with Crippen LogP contribution in [0, 0.1) is 5.82 Å². The number of nitrogens with one attached hydrogen (secondary N) is 2. The lowest BCUT2D eigenvalue weighted by Crippen LogP contribution is -2.47. The lowest BCUT2D eigenvalue weighted by molar-refractivity contribution is -0.118. The van der Waals surface area contributed by atoms with Gasteiger partial charge in [0.25, 0.3) is 5.91 Å². The number of pyridine rings is 3. The van der Waals surface area contributed by atoms with E-state index in [1.165, 1.54) is 13.3 Å². The molecule has 0 bridgehead atoms. The molecule has 0 aliphatic carbocycles. The van der Waals surface area contributed by atoms with Crippen LogP contribution < -0.4 is 25.8 Å². The summed E-state index contributed by atoms with van der Waals surface area (Å²) in [5.41, 5.74) is 8.70. The third kappa shape index (κ3) is 5.16. The first-order valence-corrected chi connectivity index (χ1v) is 11.5. The van der Waals surface area contributed by atoms with Crippen molar-refractivity contribution in [2.75, 3.05) is 25.6 Å². The second kappa shape index (κ2) is 10.1. The maximum absolute atomic E-state index is 14.6. The van der Waals surface area contributed by atoms with Crippen molar-refractivity contribution in [3.8, 4) is 11.6 Å². The first-order chi connectivity index (χ1) is 17.0. The number of methoxy groups -OCH3 is 1. The van der Waals surface area contributed by atoms with Crippen LogP contribution in [-0.2, 0) is 22.5 Å². The number of fused-ring (bicyclic) bond motifs is 2. The van der Waals surface area contributed by atoms with Gasteiger partial charge in [0.05, 0.1) is 42.7 Å². The van der Waals surface area contributed by atoms with Crippen molar-refractivity contribution >= 4 is 22.8 Å². The lowest BCUT2D eigenvalue weighted by Gasteiger charge is -2.33. The van der Waals surface area contributed by atoms with Crippen LogP contribution in [0.4, 0.5) is 10.2 Å². The Hall–Kier alpha value is -3.41. The molecule has 4 N–H and O–H groups in total. The van der Waals surface area contributed by atoms with Crippen molar-refractivity contribution in [2.45, 2.75) is 44.0 Å². The van der Waals surface area contributed by atoms with Crippen LogP contribution in [-0.4, -0.2) is 59.4 Å². The first-order valence-electron chi connectivity index (χ1n) is 11.5. The molecule has 0 unspecified atom stereocenters. The Morgan fingerprint density at radius 1 is 1.29 bits per heavy atom. The summed E-state index contributed by atoms with van der Waals surface area (Å²) in [6.45, 7) is 1.01. The molecule has 184 valence electrons. The van der Waals surface area contributed by atoms with Gasteiger partial charge in [0.2, 0.25) is 5.88 Å². The lowest BCUT2D eigenvalue weighted by atomic mass is 9.94. The Morgan fingerprint density at radius 2 is 2.17 bits per heavy atom. The fourth-order valence-corrected chi connectivity index (χ4v) is 4.37.